The van der Waals surface area contributed by atoms with Crippen molar-refractivity contribution in [1.29, 1.82) is 0 Å². The van der Waals surface area contributed by atoms with Crippen LogP contribution in [-0.4, -0.2) is 17.5 Å². The molecule has 1 aliphatic rings. The van der Waals surface area contributed by atoms with E-state index < -0.39 is 10.4 Å². The molecule has 0 aliphatic heterocycles. The molecule has 0 atom stereocenters. The second-order valence-corrected chi connectivity index (χ2v) is 7.11. The molecule has 4 nitrogen and oxygen atoms in total. The standard InChI is InChI=1S/C16H32.Na.H2O4S.H/c1-2-3-4-5-7-10-13-16-14-11-8-6-9-12-15-16;;1-5(2,3)4;/h16H,2-15H2,1H3;;(H2,1,2,3,4);/q;+1;;-1. The fraction of sp³-hybridized carbons (Fsp3) is 1.00. The third-order valence-corrected chi connectivity index (χ3v) is 4.19. The Labute approximate surface area is 161 Å². The number of rotatable bonds is 7. The third kappa shape index (κ3) is 23.1. The predicted octanol–water partition coefficient (Wildman–Crippen LogP) is 2.56. The largest absolute Gasteiger partial charge is 1.00 e. The van der Waals surface area contributed by atoms with E-state index in [2.05, 4.69) is 6.92 Å². The van der Waals surface area contributed by atoms with Crippen molar-refractivity contribution in [3.05, 3.63) is 0 Å². The van der Waals surface area contributed by atoms with Crippen LogP contribution in [-0.2, 0) is 10.4 Å². The van der Waals surface area contributed by atoms with Gasteiger partial charge in [-0.2, -0.15) is 8.42 Å². The first-order chi connectivity index (χ1) is 9.93. The quantitative estimate of drug-likeness (QED) is 0.422. The molecule has 0 spiro atoms. The van der Waals surface area contributed by atoms with Crippen LogP contribution in [0, 0.1) is 5.92 Å². The maximum atomic E-state index is 8.74. The van der Waals surface area contributed by atoms with Crippen LogP contribution >= 0.6 is 0 Å². The van der Waals surface area contributed by atoms with Crippen molar-refractivity contribution in [2.75, 3.05) is 0 Å². The monoisotopic (exact) mass is 346 g/mol. The summed E-state index contributed by atoms with van der Waals surface area (Å²) in [6.07, 6.45) is 20.9. The minimum absolute atomic E-state index is 0. The summed E-state index contributed by atoms with van der Waals surface area (Å²) in [5.74, 6) is 1.09. The van der Waals surface area contributed by atoms with E-state index in [1.54, 1.807) is 0 Å². The van der Waals surface area contributed by atoms with Gasteiger partial charge < -0.3 is 1.43 Å². The minimum atomic E-state index is -4.67. The maximum absolute atomic E-state index is 8.74. The maximum Gasteiger partial charge on any atom is 1.00 e. The molecule has 130 valence electrons. The summed E-state index contributed by atoms with van der Waals surface area (Å²) >= 11 is 0. The second kappa shape index (κ2) is 16.7. The van der Waals surface area contributed by atoms with Gasteiger partial charge in [-0.3, -0.25) is 9.11 Å². The molecule has 0 radical (unpaired) electrons. The SMILES string of the molecule is CCCCCCCCC1CCCCCCC1.O=S(=O)(O)O.[H-].[Na+]. The minimum Gasteiger partial charge on any atom is -1.00 e. The Balaban J connectivity index is -0.000000502. The molecule has 0 unspecified atom stereocenters. The van der Waals surface area contributed by atoms with Crippen molar-refractivity contribution in [3.8, 4) is 0 Å². The molecule has 0 amide bonds. The van der Waals surface area contributed by atoms with E-state index in [9.17, 15) is 0 Å². The van der Waals surface area contributed by atoms with E-state index in [-0.39, 0.29) is 31.0 Å². The van der Waals surface area contributed by atoms with E-state index in [1.165, 1.54) is 89.9 Å². The van der Waals surface area contributed by atoms with Gasteiger partial charge >= 0.3 is 40.0 Å². The summed E-state index contributed by atoms with van der Waals surface area (Å²) in [5.41, 5.74) is 0. The van der Waals surface area contributed by atoms with Crippen LogP contribution in [0.5, 0.6) is 0 Å². The van der Waals surface area contributed by atoms with Gasteiger partial charge in [-0.15, -0.1) is 0 Å². The topological polar surface area (TPSA) is 74.6 Å². The van der Waals surface area contributed by atoms with Crippen molar-refractivity contribution in [3.63, 3.8) is 0 Å². The molecule has 6 heteroatoms. The second-order valence-electron chi connectivity index (χ2n) is 6.22. The normalized spacial score (nSPS) is 16.7. The average molecular weight is 347 g/mol. The zero-order valence-electron chi connectivity index (χ0n) is 15.6. The summed E-state index contributed by atoms with van der Waals surface area (Å²) in [7, 11) is -4.67. The van der Waals surface area contributed by atoms with Crippen LogP contribution in [0.3, 0.4) is 0 Å². The summed E-state index contributed by atoms with van der Waals surface area (Å²) in [4.78, 5) is 0. The molecule has 22 heavy (non-hydrogen) atoms. The van der Waals surface area contributed by atoms with Gasteiger partial charge in [0.1, 0.15) is 0 Å². The van der Waals surface area contributed by atoms with Crippen LogP contribution in [0.1, 0.15) is 98.2 Å². The smallest absolute Gasteiger partial charge is 1.00 e. The van der Waals surface area contributed by atoms with E-state index in [1.807, 2.05) is 0 Å². The Morgan fingerprint density at radius 1 is 0.864 bits per heavy atom. The average Bonchev–Trinajstić information content (AvgIpc) is 2.33. The Hall–Kier alpha value is 0.870. The van der Waals surface area contributed by atoms with Crippen molar-refractivity contribution in [2.45, 2.75) is 96.8 Å². The Morgan fingerprint density at radius 3 is 1.77 bits per heavy atom. The van der Waals surface area contributed by atoms with Gasteiger partial charge in [0.25, 0.3) is 0 Å². The van der Waals surface area contributed by atoms with E-state index in [0.29, 0.717) is 0 Å². The van der Waals surface area contributed by atoms with Crippen LogP contribution in [0.2, 0.25) is 0 Å². The molecule has 0 heterocycles. The van der Waals surface area contributed by atoms with Crippen molar-refractivity contribution in [1.82, 2.24) is 0 Å². The summed E-state index contributed by atoms with van der Waals surface area (Å²) in [5, 5.41) is 0. The molecular formula is C16H35NaO4S. The third-order valence-electron chi connectivity index (χ3n) is 4.19. The first kappa shape index (κ1) is 25.1. The van der Waals surface area contributed by atoms with Crippen LogP contribution < -0.4 is 29.6 Å². The molecule has 0 saturated heterocycles. The first-order valence-corrected chi connectivity index (χ1v) is 10.0. The van der Waals surface area contributed by atoms with Gasteiger partial charge in [0.2, 0.25) is 0 Å². The van der Waals surface area contributed by atoms with Gasteiger partial charge in [0.05, 0.1) is 0 Å². The molecule has 0 aromatic heterocycles. The molecule has 1 aliphatic carbocycles. The Kier molecular flexibility index (Phi) is 19.1. The molecule has 1 saturated carbocycles. The van der Waals surface area contributed by atoms with Crippen molar-refractivity contribution >= 4 is 10.4 Å². The van der Waals surface area contributed by atoms with Crippen LogP contribution in [0.15, 0.2) is 0 Å². The molecule has 1 rings (SSSR count). The van der Waals surface area contributed by atoms with Crippen LogP contribution in [0.25, 0.3) is 0 Å². The summed E-state index contributed by atoms with van der Waals surface area (Å²) in [6, 6.07) is 0. The number of hydrogen-bond donors (Lipinski definition) is 2. The summed E-state index contributed by atoms with van der Waals surface area (Å²) in [6.45, 7) is 2.30. The number of unbranched alkanes of at least 4 members (excludes halogenated alkanes) is 5. The van der Waals surface area contributed by atoms with Crippen LogP contribution in [0.4, 0.5) is 0 Å². The fourth-order valence-electron chi connectivity index (χ4n) is 3.04. The van der Waals surface area contributed by atoms with Crippen molar-refractivity contribution in [2.24, 2.45) is 5.92 Å². The van der Waals surface area contributed by atoms with E-state index in [4.69, 9.17) is 17.5 Å². The van der Waals surface area contributed by atoms with Gasteiger partial charge in [0, 0.05) is 0 Å². The molecular weight excluding hydrogens is 311 g/mol. The van der Waals surface area contributed by atoms with Gasteiger partial charge in [-0.25, -0.2) is 0 Å². The fourth-order valence-corrected chi connectivity index (χ4v) is 3.04. The zero-order chi connectivity index (χ0) is 16.0. The predicted molar refractivity (Wildman–Crippen MR) is 89.1 cm³/mol. The first-order valence-electron chi connectivity index (χ1n) is 8.63. The van der Waals surface area contributed by atoms with Crippen molar-refractivity contribution < 1.29 is 48.5 Å². The Bertz CT molecular complexity index is 310. The van der Waals surface area contributed by atoms with Gasteiger partial charge in [0.15, 0.2) is 0 Å². The van der Waals surface area contributed by atoms with E-state index >= 15 is 0 Å². The zero-order valence-corrected chi connectivity index (χ0v) is 17.4. The van der Waals surface area contributed by atoms with Gasteiger partial charge in [-0.05, 0) is 5.92 Å². The molecule has 0 aromatic carbocycles. The van der Waals surface area contributed by atoms with E-state index in [0.717, 1.165) is 5.92 Å². The molecule has 1 fully saturated rings. The molecule has 0 bridgehead atoms. The van der Waals surface area contributed by atoms with Gasteiger partial charge in [-0.1, -0.05) is 96.8 Å². The number of hydrogen-bond acceptors (Lipinski definition) is 2. The summed E-state index contributed by atoms with van der Waals surface area (Å²) < 4.78 is 31.6. The molecule has 2 N–H and O–H groups in total. The molecule has 0 aromatic rings. The Morgan fingerprint density at radius 2 is 1.27 bits per heavy atom.